The van der Waals surface area contributed by atoms with Crippen molar-refractivity contribution in [3.05, 3.63) is 66.1 Å². The number of hydrogen-bond donors (Lipinski definition) is 4. The Labute approximate surface area is 154 Å². The zero-order chi connectivity index (χ0) is 18.8. The second-order valence-electron chi connectivity index (χ2n) is 6.18. The minimum atomic E-state index is -0.527. The summed E-state index contributed by atoms with van der Waals surface area (Å²) in [6.45, 7) is 0. The van der Waals surface area contributed by atoms with Gasteiger partial charge in [0.15, 0.2) is 0 Å². The third-order valence-electron chi connectivity index (χ3n) is 4.30. The molecule has 5 N–H and O–H groups in total. The molecule has 0 unspecified atom stereocenters. The number of rotatable bonds is 5. The summed E-state index contributed by atoms with van der Waals surface area (Å²) >= 11 is 0. The largest absolute Gasteiger partial charge is 0.366 e. The van der Waals surface area contributed by atoms with Gasteiger partial charge in [0.25, 0.3) is 0 Å². The summed E-state index contributed by atoms with van der Waals surface area (Å²) in [5, 5.41) is 4.70. The van der Waals surface area contributed by atoms with Gasteiger partial charge in [-0.1, -0.05) is 18.2 Å². The number of pyridine rings is 1. The van der Waals surface area contributed by atoms with Crippen LogP contribution in [0.4, 0.5) is 5.69 Å². The molecule has 7 nitrogen and oxygen atoms in total. The molecule has 0 fully saturated rings. The van der Waals surface area contributed by atoms with E-state index in [4.69, 9.17) is 5.73 Å². The van der Waals surface area contributed by atoms with Gasteiger partial charge in [-0.05, 0) is 23.8 Å². The highest BCUT2D eigenvalue weighted by atomic mass is 16.1. The van der Waals surface area contributed by atoms with Crippen molar-refractivity contribution in [3.63, 3.8) is 0 Å². The zero-order valence-corrected chi connectivity index (χ0v) is 14.3. The first-order chi connectivity index (χ1) is 13.1. The van der Waals surface area contributed by atoms with E-state index in [2.05, 4.69) is 20.3 Å². The van der Waals surface area contributed by atoms with Crippen molar-refractivity contribution in [1.82, 2.24) is 15.0 Å². The van der Waals surface area contributed by atoms with Crippen molar-refractivity contribution in [2.75, 3.05) is 5.32 Å². The predicted molar refractivity (Wildman–Crippen MR) is 105 cm³/mol. The molecule has 0 saturated carbocycles. The second kappa shape index (κ2) is 6.80. The number of hydrogen-bond acceptors (Lipinski definition) is 3. The van der Waals surface area contributed by atoms with E-state index in [9.17, 15) is 9.59 Å². The fraction of sp³-hybridized carbons (Fsp3) is 0.0500. The number of aromatic amines is 2. The molecule has 0 bridgehead atoms. The molecule has 3 heterocycles. The Morgan fingerprint density at radius 3 is 2.85 bits per heavy atom. The number of nitrogens with two attached hydrogens (primary N) is 1. The molecule has 3 aromatic heterocycles. The lowest BCUT2D eigenvalue weighted by molar-refractivity contribution is -0.115. The SMILES string of the molecule is NC(=O)/C=C/c1c[nH]c2ncc(NC(=O)Cc3c[nH]c4ccccc34)cc12. The smallest absolute Gasteiger partial charge is 0.241 e. The fourth-order valence-corrected chi connectivity index (χ4v) is 3.06. The summed E-state index contributed by atoms with van der Waals surface area (Å²) in [4.78, 5) is 33.9. The van der Waals surface area contributed by atoms with Crippen LogP contribution in [-0.4, -0.2) is 26.8 Å². The number of nitrogens with one attached hydrogen (secondary N) is 3. The van der Waals surface area contributed by atoms with Crippen LogP contribution in [0.2, 0.25) is 0 Å². The van der Waals surface area contributed by atoms with Crippen LogP contribution in [0.15, 0.2) is 55.0 Å². The van der Waals surface area contributed by atoms with Crippen molar-refractivity contribution >= 4 is 45.5 Å². The Morgan fingerprint density at radius 1 is 1.15 bits per heavy atom. The first-order valence-electron chi connectivity index (χ1n) is 8.39. The second-order valence-corrected chi connectivity index (χ2v) is 6.18. The predicted octanol–water partition coefficient (Wildman–Crippen LogP) is 2.72. The average molecular weight is 359 g/mol. The summed E-state index contributed by atoms with van der Waals surface area (Å²) in [5.41, 5.74) is 9.09. The first kappa shape index (κ1) is 16.6. The van der Waals surface area contributed by atoms with E-state index in [0.29, 0.717) is 11.3 Å². The molecule has 0 aliphatic carbocycles. The highest BCUT2D eigenvalue weighted by Crippen LogP contribution is 2.22. The zero-order valence-electron chi connectivity index (χ0n) is 14.3. The quantitative estimate of drug-likeness (QED) is 0.410. The highest BCUT2D eigenvalue weighted by molar-refractivity contribution is 5.99. The van der Waals surface area contributed by atoms with E-state index in [-0.39, 0.29) is 12.3 Å². The molecular weight excluding hydrogens is 342 g/mol. The van der Waals surface area contributed by atoms with Crippen molar-refractivity contribution < 1.29 is 9.59 Å². The number of fused-ring (bicyclic) bond motifs is 2. The Morgan fingerprint density at radius 2 is 2.00 bits per heavy atom. The normalized spacial score (nSPS) is 11.4. The maximum atomic E-state index is 12.5. The number of H-pyrrole nitrogens is 2. The van der Waals surface area contributed by atoms with Crippen molar-refractivity contribution in [2.24, 2.45) is 5.73 Å². The van der Waals surface area contributed by atoms with E-state index < -0.39 is 5.91 Å². The molecule has 2 amide bonds. The number of carbonyl (C=O) groups is 2. The third-order valence-corrected chi connectivity index (χ3v) is 4.30. The molecule has 0 radical (unpaired) electrons. The van der Waals surface area contributed by atoms with Crippen LogP contribution < -0.4 is 11.1 Å². The van der Waals surface area contributed by atoms with Gasteiger partial charge in [0.05, 0.1) is 18.3 Å². The molecule has 0 aliphatic rings. The Bertz CT molecular complexity index is 1190. The number of anilines is 1. The summed E-state index contributed by atoms with van der Waals surface area (Å²) in [6.07, 6.45) is 8.32. The van der Waals surface area contributed by atoms with Crippen LogP contribution in [-0.2, 0) is 16.0 Å². The highest BCUT2D eigenvalue weighted by Gasteiger charge is 2.10. The van der Waals surface area contributed by atoms with Crippen molar-refractivity contribution in [2.45, 2.75) is 6.42 Å². The molecule has 0 atom stereocenters. The molecule has 4 aromatic rings. The lowest BCUT2D eigenvalue weighted by Gasteiger charge is -2.05. The lowest BCUT2D eigenvalue weighted by atomic mass is 10.1. The van der Waals surface area contributed by atoms with Crippen LogP contribution in [0.3, 0.4) is 0 Å². The minimum Gasteiger partial charge on any atom is -0.366 e. The molecule has 134 valence electrons. The van der Waals surface area contributed by atoms with Gasteiger partial charge in [-0.3, -0.25) is 9.59 Å². The van der Waals surface area contributed by atoms with Crippen LogP contribution in [0.1, 0.15) is 11.1 Å². The third kappa shape index (κ3) is 3.43. The summed E-state index contributed by atoms with van der Waals surface area (Å²) < 4.78 is 0. The monoisotopic (exact) mass is 359 g/mol. The maximum absolute atomic E-state index is 12.5. The number of nitrogens with zero attached hydrogens (tertiary/aromatic N) is 1. The van der Waals surface area contributed by atoms with Gasteiger partial charge in [0.1, 0.15) is 5.65 Å². The van der Waals surface area contributed by atoms with Crippen LogP contribution in [0.25, 0.3) is 28.0 Å². The van der Waals surface area contributed by atoms with Crippen molar-refractivity contribution in [1.29, 1.82) is 0 Å². The summed E-state index contributed by atoms with van der Waals surface area (Å²) in [7, 11) is 0. The standard InChI is InChI=1S/C20H17N5O2/c21-18(26)6-5-12-9-23-20-16(12)8-14(11-24-20)25-19(27)7-13-10-22-17-4-2-1-3-15(13)17/h1-6,8-11,22H,7H2,(H2,21,26)(H,23,24)(H,25,27)/b6-5+. The van der Waals surface area contributed by atoms with Crippen molar-refractivity contribution in [3.8, 4) is 0 Å². The Kier molecular flexibility index (Phi) is 4.18. The van der Waals surface area contributed by atoms with E-state index in [1.165, 1.54) is 6.08 Å². The van der Waals surface area contributed by atoms with E-state index in [1.807, 2.05) is 36.5 Å². The molecule has 7 heteroatoms. The van der Waals surface area contributed by atoms with E-state index in [0.717, 1.165) is 27.4 Å². The molecular formula is C20H17N5O2. The minimum absolute atomic E-state index is 0.134. The first-order valence-corrected chi connectivity index (χ1v) is 8.39. The van der Waals surface area contributed by atoms with Gasteiger partial charge in [0.2, 0.25) is 11.8 Å². The van der Waals surface area contributed by atoms with E-state index >= 15 is 0 Å². The molecule has 4 rings (SSSR count). The summed E-state index contributed by atoms with van der Waals surface area (Å²) in [6, 6.07) is 9.67. The van der Waals surface area contributed by atoms with Gasteiger partial charge in [-0.2, -0.15) is 0 Å². The Hall–Kier alpha value is -3.87. The van der Waals surface area contributed by atoms with Crippen LogP contribution in [0, 0.1) is 0 Å². The van der Waals surface area contributed by atoms with Gasteiger partial charge >= 0.3 is 0 Å². The van der Waals surface area contributed by atoms with Gasteiger partial charge in [0, 0.05) is 40.3 Å². The van der Waals surface area contributed by atoms with Crippen LogP contribution in [0.5, 0.6) is 0 Å². The van der Waals surface area contributed by atoms with Gasteiger partial charge in [-0.15, -0.1) is 0 Å². The fourth-order valence-electron chi connectivity index (χ4n) is 3.06. The number of benzene rings is 1. The maximum Gasteiger partial charge on any atom is 0.241 e. The number of aromatic nitrogens is 3. The number of primary amides is 1. The van der Waals surface area contributed by atoms with E-state index in [1.54, 1.807) is 18.5 Å². The number of para-hydroxylation sites is 1. The number of carbonyl (C=O) groups excluding carboxylic acids is 2. The molecule has 27 heavy (non-hydrogen) atoms. The molecule has 0 spiro atoms. The number of amides is 2. The summed E-state index contributed by atoms with van der Waals surface area (Å²) in [5.74, 6) is -0.661. The Balaban J connectivity index is 1.55. The van der Waals surface area contributed by atoms with Gasteiger partial charge < -0.3 is 21.0 Å². The molecule has 0 aliphatic heterocycles. The topological polar surface area (TPSA) is 117 Å². The molecule has 1 aromatic carbocycles. The average Bonchev–Trinajstić information content (AvgIpc) is 3.24. The van der Waals surface area contributed by atoms with Crippen LogP contribution >= 0.6 is 0 Å². The lowest BCUT2D eigenvalue weighted by Crippen LogP contribution is -2.14. The van der Waals surface area contributed by atoms with Gasteiger partial charge in [-0.25, -0.2) is 4.98 Å². The molecule has 0 saturated heterocycles.